The third-order valence-corrected chi connectivity index (χ3v) is 9.35. The van der Waals surface area contributed by atoms with Gasteiger partial charge in [0.25, 0.3) is 5.91 Å². The Labute approximate surface area is 252 Å². The van der Waals surface area contributed by atoms with Gasteiger partial charge in [0.15, 0.2) is 0 Å². The van der Waals surface area contributed by atoms with Gasteiger partial charge in [-0.15, -0.1) is 0 Å². The fraction of sp³-hybridized carbons (Fsp3) is 0.600. The Morgan fingerprint density at radius 2 is 1.51 bits per heavy atom. The minimum absolute atomic E-state index is 0.348. The summed E-state index contributed by atoms with van der Waals surface area (Å²) in [5, 5.41) is 15.8. The number of nitrogens with one attached hydrogen (secondary N) is 2. The van der Waals surface area contributed by atoms with E-state index < -0.39 is 12.0 Å². The molecule has 0 aliphatic heterocycles. The Bertz CT molecular complexity index is 1060. The van der Waals surface area contributed by atoms with Crippen molar-refractivity contribution in [1.29, 1.82) is 0 Å². The molecule has 0 spiro atoms. The summed E-state index contributed by atoms with van der Waals surface area (Å²) in [5.74, 6) is 1.33. The molecule has 2 aliphatic rings. The Kier molecular flexibility index (Phi) is 14.8. The Morgan fingerprint density at radius 3 is 2.05 bits per heavy atom. The van der Waals surface area contributed by atoms with Crippen molar-refractivity contribution >= 4 is 23.6 Å². The summed E-state index contributed by atoms with van der Waals surface area (Å²) < 4.78 is 0. The molecule has 41 heavy (non-hydrogen) atoms. The predicted molar refractivity (Wildman–Crippen MR) is 174 cm³/mol. The molecule has 2 aromatic rings. The molecule has 3 N–H and O–H groups in total. The van der Waals surface area contributed by atoms with E-state index in [1.54, 1.807) is 17.8 Å². The number of hydrogen-bond acceptors (Lipinski definition) is 4. The molecular formula is C35H52N2O3S. The van der Waals surface area contributed by atoms with Crippen LogP contribution in [0.2, 0.25) is 0 Å². The van der Waals surface area contributed by atoms with Crippen LogP contribution < -0.4 is 10.6 Å². The Morgan fingerprint density at radius 1 is 0.902 bits per heavy atom. The first-order valence-electron chi connectivity index (χ1n) is 15.8. The normalized spacial score (nSPS) is 16.9. The van der Waals surface area contributed by atoms with Crippen LogP contribution in [0.1, 0.15) is 99.0 Å². The highest BCUT2D eigenvalue weighted by Gasteiger charge is 2.22. The van der Waals surface area contributed by atoms with Crippen LogP contribution in [-0.2, 0) is 11.2 Å². The van der Waals surface area contributed by atoms with Crippen molar-refractivity contribution in [3.05, 3.63) is 59.2 Å². The van der Waals surface area contributed by atoms with Gasteiger partial charge in [-0.05, 0) is 111 Å². The summed E-state index contributed by atoms with van der Waals surface area (Å²) in [7, 11) is 0. The van der Waals surface area contributed by atoms with Gasteiger partial charge < -0.3 is 15.7 Å². The average molecular weight is 581 g/mol. The number of benzene rings is 2. The quantitative estimate of drug-likeness (QED) is 0.238. The molecule has 226 valence electrons. The van der Waals surface area contributed by atoms with E-state index in [2.05, 4.69) is 17.6 Å². The molecular weight excluding hydrogens is 528 g/mol. The monoisotopic (exact) mass is 580 g/mol. The van der Waals surface area contributed by atoms with E-state index in [0.29, 0.717) is 17.7 Å². The highest BCUT2D eigenvalue weighted by atomic mass is 32.2. The maximum absolute atomic E-state index is 12.8. The van der Waals surface area contributed by atoms with Crippen LogP contribution in [0.3, 0.4) is 0 Å². The zero-order valence-corrected chi connectivity index (χ0v) is 26.4. The highest BCUT2D eigenvalue weighted by Crippen LogP contribution is 2.29. The van der Waals surface area contributed by atoms with Crippen LogP contribution in [-0.4, -0.2) is 48.1 Å². The maximum atomic E-state index is 12.8. The summed E-state index contributed by atoms with van der Waals surface area (Å²) in [5.41, 5.74) is 4.55. The summed E-state index contributed by atoms with van der Waals surface area (Å²) in [4.78, 5) is 24.3. The van der Waals surface area contributed by atoms with E-state index >= 15 is 0 Å². The second-order valence-electron chi connectivity index (χ2n) is 11.9. The van der Waals surface area contributed by atoms with Crippen LogP contribution in [0.4, 0.5) is 0 Å². The number of aliphatic carboxylic acids is 1. The molecule has 2 aromatic carbocycles. The molecule has 2 aliphatic carbocycles. The topological polar surface area (TPSA) is 78.4 Å². The van der Waals surface area contributed by atoms with E-state index in [1.807, 2.05) is 49.6 Å². The van der Waals surface area contributed by atoms with Gasteiger partial charge in [0, 0.05) is 5.56 Å². The van der Waals surface area contributed by atoms with Crippen molar-refractivity contribution in [1.82, 2.24) is 10.6 Å². The van der Waals surface area contributed by atoms with E-state index in [4.69, 9.17) is 0 Å². The van der Waals surface area contributed by atoms with Crippen molar-refractivity contribution < 1.29 is 14.7 Å². The van der Waals surface area contributed by atoms with Gasteiger partial charge >= 0.3 is 5.97 Å². The lowest BCUT2D eigenvalue weighted by molar-refractivity contribution is -0.139. The van der Waals surface area contributed by atoms with Crippen molar-refractivity contribution in [3.63, 3.8) is 0 Å². The van der Waals surface area contributed by atoms with Gasteiger partial charge in [-0.3, -0.25) is 4.79 Å². The second kappa shape index (κ2) is 18.3. The lowest BCUT2D eigenvalue weighted by Crippen LogP contribution is -2.41. The van der Waals surface area contributed by atoms with Gasteiger partial charge in [-0.2, -0.15) is 11.8 Å². The van der Waals surface area contributed by atoms with Crippen molar-refractivity contribution in [3.8, 4) is 11.1 Å². The van der Waals surface area contributed by atoms with Crippen LogP contribution >= 0.6 is 11.8 Å². The number of hydrogen-bond donors (Lipinski definition) is 3. The van der Waals surface area contributed by atoms with E-state index in [0.717, 1.165) is 40.5 Å². The molecule has 1 amide bonds. The van der Waals surface area contributed by atoms with Crippen molar-refractivity contribution in [2.24, 2.45) is 11.8 Å². The summed E-state index contributed by atoms with van der Waals surface area (Å²) >= 11 is 1.56. The number of carbonyl (C=O) groups is 2. The maximum Gasteiger partial charge on any atom is 0.326 e. The SMILES string of the molecule is C1CCC(CNCC2CCCCC2)CC1.CCc1ccc(C(=O)NC(CCSC)C(=O)O)c(-c2ccccc2C)c1. The number of amides is 1. The number of carbonyl (C=O) groups excluding carboxylic acids is 1. The number of rotatable bonds is 12. The molecule has 0 aromatic heterocycles. The fourth-order valence-electron chi connectivity index (χ4n) is 6.11. The number of carboxylic acid groups (broad SMARTS) is 1. The van der Waals surface area contributed by atoms with E-state index in [-0.39, 0.29) is 5.91 Å². The first kappa shape index (κ1) is 33.2. The predicted octanol–water partition coefficient (Wildman–Crippen LogP) is 7.90. The average Bonchev–Trinajstić information content (AvgIpc) is 3.00. The van der Waals surface area contributed by atoms with Crippen LogP contribution in [0, 0.1) is 18.8 Å². The van der Waals surface area contributed by atoms with Crippen LogP contribution in [0.15, 0.2) is 42.5 Å². The van der Waals surface area contributed by atoms with Crippen molar-refractivity contribution in [2.75, 3.05) is 25.1 Å². The molecule has 4 rings (SSSR count). The Balaban J connectivity index is 0.000000260. The smallest absolute Gasteiger partial charge is 0.326 e. The minimum Gasteiger partial charge on any atom is -0.480 e. The zero-order chi connectivity index (χ0) is 29.5. The number of thioether (sulfide) groups is 1. The standard InChI is InChI=1S/C21H25NO3S.C14H27N/c1-4-15-9-10-17(18(13-15)16-8-6-5-7-14(16)2)20(23)22-19(21(24)25)11-12-26-3;1-3-7-13(8-4-1)11-15-12-14-9-5-2-6-10-14/h5-10,13,19H,4,11-12H2,1-3H3,(H,22,23)(H,24,25);13-15H,1-12H2. The molecule has 1 atom stereocenters. The molecule has 0 saturated heterocycles. The summed E-state index contributed by atoms with van der Waals surface area (Å²) in [6.07, 6.45) is 18.0. The zero-order valence-electron chi connectivity index (χ0n) is 25.6. The Hall–Kier alpha value is -2.31. The van der Waals surface area contributed by atoms with Gasteiger partial charge in [-0.1, -0.05) is 81.8 Å². The molecule has 2 fully saturated rings. The number of aryl methyl sites for hydroxylation is 2. The molecule has 0 bridgehead atoms. The molecule has 6 heteroatoms. The molecule has 2 saturated carbocycles. The molecule has 0 heterocycles. The minimum atomic E-state index is -1.00. The van der Waals surface area contributed by atoms with Crippen LogP contribution in [0.25, 0.3) is 11.1 Å². The molecule has 1 unspecified atom stereocenters. The van der Waals surface area contributed by atoms with Crippen LogP contribution in [0.5, 0.6) is 0 Å². The first-order chi connectivity index (χ1) is 19.9. The molecule has 0 radical (unpaired) electrons. The fourth-order valence-corrected chi connectivity index (χ4v) is 6.58. The van der Waals surface area contributed by atoms with Crippen molar-refractivity contribution in [2.45, 2.75) is 96.9 Å². The lowest BCUT2D eigenvalue weighted by atomic mass is 9.87. The summed E-state index contributed by atoms with van der Waals surface area (Å²) in [6.45, 7) is 6.68. The third-order valence-electron chi connectivity index (χ3n) is 8.70. The first-order valence-corrected chi connectivity index (χ1v) is 17.2. The number of carboxylic acids is 1. The van der Waals surface area contributed by atoms with Gasteiger partial charge in [-0.25, -0.2) is 4.79 Å². The van der Waals surface area contributed by atoms with Gasteiger partial charge in [0.1, 0.15) is 6.04 Å². The van der Waals surface area contributed by atoms with E-state index in [1.165, 1.54) is 77.3 Å². The van der Waals surface area contributed by atoms with Gasteiger partial charge in [0.2, 0.25) is 0 Å². The summed E-state index contributed by atoms with van der Waals surface area (Å²) in [6, 6.07) is 12.8. The second-order valence-corrected chi connectivity index (χ2v) is 12.8. The highest BCUT2D eigenvalue weighted by molar-refractivity contribution is 7.98. The molecule has 5 nitrogen and oxygen atoms in total. The third kappa shape index (κ3) is 11.1. The lowest BCUT2D eigenvalue weighted by Gasteiger charge is -2.25. The largest absolute Gasteiger partial charge is 0.480 e. The van der Waals surface area contributed by atoms with Gasteiger partial charge in [0.05, 0.1) is 0 Å². The van der Waals surface area contributed by atoms with E-state index in [9.17, 15) is 14.7 Å².